The van der Waals surface area contributed by atoms with Gasteiger partial charge < -0.3 is 19.7 Å². The van der Waals surface area contributed by atoms with Gasteiger partial charge in [0.05, 0.1) is 24.8 Å². The molecule has 9 nitrogen and oxygen atoms in total. The molecule has 0 saturated carbocycles. The van der Waals surface area contributed by atoms with Crippen LogP contribution in [0, 0.1) is 6.92 Å². The van der Waals surface area contributed by atoms with E-state index in [1.54, 1.807) is 74.7 Å². The molecule has 10 heteroatoms. The molecule has 0 radical (unpaired) electrons. The van der Waals surface area contributed by atoms with E-state index in [2.05, 4.69) is 5.32 Å². The Hall–Kier alpha value is -4.05. The lowest BCUT2D eigenvalue weighted by atomic mass is 10.1. The van der Waals surface area contributed by atoms with E-state index < -0.39 is 28.5 Å². The minimum Gasteiger partial charge on any atom is -0.497 e. The maximum absolute atomic E-state index is 13.9. The Morgan fingerprint density at radius 2 is 1.61 bits per heavy atom. The van der Waals surface area contributed by atoms with Crippen LogP contribution < -0.4 is 19.1 Å². The molecule has 0 aliphatic rings. The quantitative estimate of drug-likeness (QED) is 0.401. The lowest BCUT2D eigenvalue weighted by molar-refractivity contribution is -0.139. The molecule has 0 heterocycles. The van der Waals surface area contributed by atoms with Crippen LogP contribution in [0.1, 0.15) is 18.1 Å². The second-order valence-corrected chi connectivity index (χ2v) is 10.5. The summed E-state index contributed by atoms with van der Waals surface area (Å²) in [5.74, 6) is 0.0130. The number of aryl methyl sites for hydroxylation is 1. The Kier molecular flexibility index (Phi) is 9.35. The number of carbonyl (C=O) groups is 2. The fourth-order valence-corrected chi connectivity index (χ4v) is 5.38. The third-order valence-electron chi connectivity index (χ3n) is 6.14. The lowest BCUT2D eigenvalue weighted by Gasteiger charge is -2.32. The maximum Gasteiger partial charge on any atom is 0.264 e. The van der Waals surface area contributed by atoms with Crippen LogP contribution in [0.4, 0.5) is 5.69 Å². The van der Waals surface area contributed by atoms with Crippen LogP contribution in [0.25, 0.3) is 0 Å². The smallest absolute Gasteiger partial charge is 0.264 e. The molecule has 38 heavy (non-hydrogen) atoms. The number of sulfonamides is 1. The fraction of sp³-hybridized carbons (Fsp3) is 0.286. The van der Waals surface area contributed by atoms with Crippen molar-refractivity contribution in [2.45, 2.75) is 31.3 Å². The summed E-state index contributed by atoms with van der Waals surface area (Å²) in [6.07, 6.45) is 0. The first-order valence-electron chi connectivity index (χ1n) is 12.0. The molecule has 3 aromatic carbocycles. The molecule has 202 valence electrons. The summed E-state index contributed by atoms with van der Waals surface area (Å²) < 4.78 is 39.4. The number of hydrogen-bond donors (Lipinski definition) is 1. The summed E-state index contributed by atoms with van der Waals surface area (Å²) in [5.41, 5.74) is 1.76. The van der Waals surface area contributed by atoms with E-state index in [4.69, 9.17) is 9.47 Å². The summed E-state index contributed by atoms with van der Waals surface area (Å²) in [4.78, 5) is 27.8. The van der Waals surface area contributed by atoms with E-state index in [1.807, 2.05) is 6.92 Å². The van der Waals surface area contributed by atoms with Crippen molar-refractivity contribution in [1.82, 2.24) is 10.2 Å². The van der Waals surface area contributed by atoms with Crippen molar-refractivity contribution in [3.05, 3.63) is 83.9 Å². The Balaban J connectivity index is 2.07. The van der Waals surface area contributed by atoms with Crippen LogP contribution in [0.2, 0.25) is 0 Å². The number of nitrogens with zero attached hydrogens (tertiary/aromatic N) is 2. The van der Waals surface area contributed by atoms with Gasteiger partial charge in [0.15, 0.2) is 0 Å². The zero-order chi connectivity index (χ0) is 27.9. The fourth-order valence-electron chi connectivity index (χ4n) is 3.95. The first-order valence-corrected chi connectivity index (χ1v) is 13.4. The molecule has 0 aliphatic carbocycles. The topological polar surface area (TPSA) is 105 Å². The van der Waals surface area contributed by atoms with Gasteiger partial charge in [-0.2, -0.15) is 0 Å². The van der Waals surface area contributed by atoms with E-state index in [0.29, 0.717) is 11.5 Å². The van der Waals surface area contributed by atoms with Gasteiger partial charge in [-0.3, -0.25) is 13.9 Å². The molecule has 1 N–H and O–H groups in total. The molecule has 0 unspecified atom stereocenters. The highest BCUT2D eigenvalue weighted by atomic mass is 32.2. The van der Waals surface area contributed by atoms with Gasteiger partial charge >= 0.3 is 0 Å². The number of amides is 2. The normalized spacial score (nSPS) is 11.8. The molecule has 3 rings (SSSR count). The van der Waals surface area contributed by atoms with Crippen molar-refractivity contribution >= 4 is 27.5 Å². The number of carbonyl (C=O) groups excluding carboxylic acids is 2. The standard InChI is InChI=1S/C28H33N3O6S/c1-20-11-16-26(37-5)25(17-20)31(38(34,35)24-9-7-6-8-10-24)19-27(32)30(21(2)28(33)29-3)18-22-12-14-23(36-4)15-13-22/h6-17,21H,18-19H2,1-5H3,(H,29,33)/t21-/m1/s1. The highest BCUT2D eigenvalue weighted by molar-refractivity contribution is 7.92. The zero-order valence-electron chi connectivity index (χ0n) is 22.2. The summed E-state index contributed by atoms with van der Waals surface area (Å²) in [6.45, 7) is 2.96. The summed E-state index contributed by atoms with van der Waals surface area (Å²) in [7, 11) is 0.301. The largest absolute Gasteiger partial charge is 0.497 e. The number of nitrogens with one attached hydrogen (secondary N) is 1. The Morgan fingerprint density at radius 1 is 0.947 bits per heavy atom. The van der Waals surface area contributed by atoms with Gasteiger partial charge in [-0.05, 0) is 61.4 Å². The average molecular weight is 540 g/mol. The average Bonchev–Trinajstić information content (AvgIpc) is 2.94. The Labute approximate surface area is 224 Å². The van der Waals surface area contributed by atoms with Crippen LogP contribution in [0.3, 0.4) is 0 Å². The van der Waals surface area contributed by atoms with Gasteiger partial charge in [0.25, 0.3) is 10.0 Å². The molecule has 3 aromatic rings. The molecular weight excluding hydrogens is 506 g/mol. The Morgan fingerprint density at radius 3 is 2.18 bits per heavy atom. The molecule has 0 bridgehead atoms. The van der Waals surface area contributed by atoms with Gasteiger partial charge in [-0.25, -0.2) is 8.42 Å². The van der Waals surface area contributed by atoms with E-state index in [-0.39, 0.29) is 23.0 Å². The molecule has 0 saturated heterocycles. The second kappa shape index (κ2) is 12.5. The number of rotatable bonds is 11. The van der Waals surface area contributed by atoms with Crippen LogP contribution in [0.5, 0.6) is 11.5 Å². The van der Waals surface area contributed by atoms with E-state index in [0.717, 1.165) is 15.4 Å². The maximum atomic E-state index is 13.9. The van der Waals surface area contributed by atoms with Gasteiger partial charge in [-0.15, -0.1) is 0 Å². The van der Waals surface area contributed by atoms with Crippen LogP contribution in [-0.2, 0) is 26.2 Å². The molecule has 0 spiro atoms. The highest BCUT2D eigenvalue weighted by Gasteiger charge is 2.33. The SMILES string of the molecule is CNC(=O)[C@@H](C)N(Cc1ccc(OC)cc1)C(=O)CN(c1cc(C)ccc1OC)S(=O)(=O)c1ccccc1. The van der Waals surface area contributed by atoms with Crippen molar-refractivity contribution in [3.8, 4) is 11.5 Å². The number of methoxy groups -OCH3 is 2. The predicted octanol–water partition coefficient (Wildman–Crippen LogP) is 3.37. The molecule has 1 atom stereocenters. The van der Waals surface area contributed by atoms with Gasteiger partial charge in [0.1, 0.15) is 24.1 Å². The third-order valence-corrected chi connectivity index (χ3v) is 7.91. The monoisotopic (exact) mass is 539 g/mol. The van der Waals surface area contributed by atoms with Crippen molar-refractivity contribution < 1.29 is 27.5 Å². The first kappa shape index (κ1) is 28.5. The summed E-state index contributed by atoms with van der Waals surface area (Å²) in [6, 6.07) is 19.2. The molecular formula is C28H33N3O6S. The first-order chi connectivity index (χ1) is 18.1. The van der Waals surface area contributed by atoms with Crippen molar-refractivity contribution in [2.24, 2.45) is 0 Å². The highest BCUT2D eigenvalue weighted by Crippen LogP contribution is 2.33. The van der Waals surface area contributed by atoms with Crippen LogP contribution in [0.15, 0.2) is 77.7 Å². The number of hydrogen-bond acceptors (Lipinski definition) is 6. The zero-order valence-corrected chi connectivity index (χ0v) is 23.0. The predicted molar refractivity (Wildman–Crippen MR) is 146 cm³/mol. The van der Waals surface area contributed by atoms with Crippen molar-refractivity contribution in [2.75, 3.05) is 32.1 Å². The number of benzene rings is 3. The Bertz CT molecular complexity index is 1360. The van der Waals surface area contributed by atoms with Crippen molar-refractivity contribution in [3.63, 3.8) is 0 Å². The molecule has 0 aromatic heterocycles. The minimum absolute atomic E-state index is 0.0254. The third kappa shape index (κ3) is 6.44. The molecule has 2 amide bonds. The second-order valence-electron chi connectivity index (χ2n) is 8.66. The number of anilines is 1. The molecule has 0 aliphatic heterocycles. The van der Waals surface area contributed by atoms with Crippen LogP contribution in [-0.4, -0.2) is 59.0 Å². The number of likely N-dealkylation sites (N-methyl/N-ethyl adjacent to an activating group) is 1. The van der Waals surface area contributed by atoms with E-state index in [1.165, 1.54) is 31.2 Å². The lowest BCUT2D eigenvalue weighted by Crippen LogP contribution is -2.50. The van der Waals surface area contributed by atoms with Gasteiger partial charge in [0, 0.05) is 13.6 Å². The van der Waals surface area contributed by atoms with Gasteiger partial charge in [-0.1, -0.05) is 36.4 Å². The summed E-state index contributed by atoms with van der Waals surface area (Å²) >= 11 is 0. The van der Waals surface area contributed by atoms with E-state index in [9.17, 15) is 18.0 Å². The number of ether oxygens (including phenoxy) is 2. The van der Waals surface area contributed by atoms with E-state index >= 15 is 0 Å². The van der Waals surface area contributed by atoms with Crippen LogP contribution >= 0.6 is 0 Å². The molecule has 0 fully saturated rings. The van der Waals surface area contributed by atoms with Crippen molar-refractivity contribution in [1.29, 1.82) is 0 Å². The minimum atomic E-state index is -4.18. The van der Waals surface area contributed by atoms with Gasteiger partial charge in [0.2, 0.25) is 11.8 Å². The summed E-state index contributed by atoms with van der Waals surface area (Å²) in [5, 5.41) is 2.57.